The Kier molecular flexibility index (Phi) is 4.31. The molecule has 0 saturated heterocycles. The molecule has 3 rings (SSSR count). The van der Waals surface area contributed by atoms with E-state index in [9.17, 15) is 18.0 Å². The number of carbonyl (C=O) groups is 1. The standard InChI is InChI=1S/C18H12F3NO3/c1-24-17(23)14-8-3-2-7-13(14)15-10-22-16(25-15)11-5-4-6-12(9-11)18(19,20)21/h2-10H,1H3. The molecule has 0 unspecified atom stereocenters. The van der Waals surface area contributed by atoms with Gasteiger partial charge in [0.15, 0.2) is 5.76 Å². The molecule has 0 fully saturated rings. The zero-order chi connectivity index (χ0) is 18.0. The number of esters is 1. The Morgan fingerprint density at radius 1 is 1.12 bits per heavy atom. The second-order valence-corrected chi connectivity index (χ2v) is 5.15. The number of halogens is 3. The molecule has 0 aliphatic carbocycles. The van der Waals surface area contributed by atoms with Crippen molar-refractivity contribution in [1.82, 2.24) is 4.98 Å². The largest absolute Gasteiger partial charge is 0.465 e. The van der Waals surface area contributed by atoms with Crippen LogP contribution in [0.15, 0.2) is 59.1 Å². The van der Waals surface area contributed by atoms with Crippen LogP contribution < -0.4 is 0 Å². The van der Waals surface area contributed by atoms with Gasteiger partial charge < -0.3 is 9.15 Å². The maximum Gasteiger partial charge on any atom is 0.416 e. The van der Waals surface area contributed by atoms with Crippen molar-refractivity contribution >= 4 is 5.97 Å². The average Bonchev–Trinajstić information content (AvgIpc) is 3.10. The first-order valence-corrected chi connectivity index (χ1v) is 7.21. The summed E-state index contributed by atoms with van der Waals surface area (Å²) >= 11 is 0. The van der Waals surface area contributed by atoms with Gasteiger partial charge in [-0.1, -0.05) is 24.3 Å². The molecule has 25 heavy (non-hydrogen) atoms. The minimum atomic E-state index is -4.46. The highest BCUT2D eigenvalue weighted by atomic mass is 19.4. The number of methoxy groups -OCH3 is 1. The van der Waals surface area contributed by atoms with E-state index in [-0.39, 0.29) is 22.8 Å². The van der Waals surface area contributed by atoms with Crippen LogP contribution in [0.3, 0.4) is 0 Å². The number of carbonyl (C=O) groups excluding carboxylic acids is 1. The van der Waals surface area contributed by atoms with E-state index >= 15 is 0 Å². The third-order valence-electron chi connectivity index (χ3n) is 3.54. The fraction of sp³-hybridized carbons (Fsp3) is 0.111. The van der Waals surface area contributed by atoms with Crippen molar-refractivity contribution in [2.45, 2.75) is 6.18 Å². The third-order valence-corrected chi connectivity index (χ3v) is 3.54. The van der Waals surface area contributed by atoms with Gasteiger partial charge in [-0.15, -0.1) is 0 Å². The van der Waals surface area contributed by atoms with Crippen LogP contribution in [-0.4, -0.2) is 18.1 Å². The van der Waals surface area contributed by atoms with Crippen molar-refractivity contribution in [3.05, 3.63) is 65.9 Å². The van der Waals surface area contributed by atoms with Crippen LogP contribution in [0.4, 0.5) is 13.2 Å². The van der Waals surface area contributed by atoms with Crippen molar-refractivity contribution in [2.75, 3.05) is 7.11 Å². The number of rotatable bonds is 3. The molecular weight excluding hydrogens is 335 g/mol. The molecule has 1 heterocycles. The Balaban J connectivity index is 2.01. The molecule has 1 aromatic heterocycles. The van der Waals surface area contributed by atoms with Crippen molar-refractivity contribution in [1.29, 1.82) is 0 Å². The SMILES string of the molecule is COC(=O)c1ccccc1-c1cnc(-c2cccc(C(F)(F)F)c2)o1. The molecule has 0 amide bonds. The molecule has 0 spiro atoms. The van der Waals surface area contributed by atoms with Crippen LogP contribution in [0.1, 0.15) is 15.9 Å². The fourth-order valence-electron chi connectivity index (χ4n) is 2.35. The molecule has 0 saturated carbocycles. The quantitative estimate of drug-likeness (QED) is 0.638. The van der Waals surface area contributed by atoms with Gasteiger partial charge in [-0.2, -0.15) is 13.2 Å². The van der Waals surface area contributed by atoms with Gasteiger partial charge in [-0.05, 0) is 24.3 Å². The summed E-state index contributed by atoms with van der Waals surface area (Å²) in [7, 11) is 1.26. The van der Waals surface area contributed by atoms with E-state index in [1.165, 1.54) is 25.4 Å². The minimum Gasteiger partial charge on any atom is -0.465 e. The fourth-order valence-corrected chi connectivity index (χ4v) is 2.35. The molecule has 0 aliphatic heterocycles. The van der Waals surface area contributed by atoms with Crippen molar-refractivity contribution in [3.8, 4) is 22.8 Å². The Morgan fingerprint density at radius 2 is 1.88 bits per heavy atom. The summed E-state index contributed by atoms with van der Waals surface area (Å²) in [6.07, 6.45) is -3.10. The summed E-state index contributed by atoms with van der Waals surface area (Å²) in [4.78, 5) is 15.9. The first kappa shape index (κ1) is 16.8. The summed E-state index contributed by atoms with van der Waals surface area (Å²) in [6.45, 7) is 0. The monoisotopic (exact) mass is 347 g/mol. The molecule has 4 nitrogen and oxygen atoms in total. The van der Waals surface area contributed by atoms with Crippen LogP contribution in [0.2, 0.25) is 0 Å². The van der Waals surface area contributed by atoms with Crippen LogP contribution in [0.25, 0.3) is 22.8 Å². The smallest absolute Gasteiger partial charge is 0.416 e. The van der Waals surface area contributed by atoms with E-state index in [0.717, 1.165) is 12.1 Å². The highest BCUT2D eigenvalue weighted by molar-refractivity contribution is 5.96. The number of nitrogens with zero attached hydrogens (tertiary/aromatic N) is 1. The Bertz CT molecular complexity index is 916. The second-order valence-electron chi connectivity index (χ2n) is 5.15. The van der Waals surface area contributed by atoms with Crippen LogP contribution >= 0.6 is 0 Å². The normalized spacial score (nSPS) is 11.4. The number of aromatic nitrogens is 1. The lowest BCUT2D eigenvalue weighted by Gasteiger charge is -2.07. The van der Waals surface area contributed by atoms with Gasteiger partial charge in [-0.3, -0.25) is 0 Å². The average molecular weight is 347 g/mol. The summed E-state index contributed by atoms with van der Waals surface area (Å²) in [5, 5.41) is 0. The first-order chi connectivity index (χ1) is 11.9. The number of oxazole rings is 1. The maximum atomic E-state index is 12.8. The molecular formula is C18H12F3NO3. The zero-order valence-electron chi connectivity index (χ0n) is 13.0. The van der Waals surface area contributed by atoms with Gasteiger partial charge in [0.2, 0.25) is 5.89 Å². The number of benzene rings is 2. The van der Waals surface area contributed by atoms with Gasteiger partial charge in [0.1, 0.15) is 0 Å². The lowest BCUT2D eigenvalue weighted by molar-refractivity contribution is -0.137. The van der Waals surface area contributed by atoms with E-state index in [4.69, 9.17) is 9.15 Å². The number of alkyl halides is 3. The van der Waals surface area contributed by atoms with Crippen molar-refractivity contribution < 1.29 is 27.1 Å². The van der Waals surface area contributed by atoms with E-state index in [0.29, 0.717) is 5.56 Å². The molecule has 0 N–H and O–H groups in total. The van der Waals surface area contributed by atoms with E-state index in [1.807, 2.05) is 0 Å². The topological polar surface area (TPSA) is 52.3 Å². The zero-order valence-corrected chi connectivity index (χ0v) is 13.0. The Labute approximate surface area is 140 Å². The van der Waals surface area contributed by atoms with Crippen molar-refractivity contribution in [3.63, 3.8) is 0 Å². The number of hydrogen-bond donors (Lipinski definition) is 0. The lowest BCUT2D eigenvalue weighted by atomic mass is 10.1. The Hall–Kier alpha value is -3.09. The third kappa shape index (κ3) is 3.40. The van der Waals surface area contributed by atoms with E-state index < -0.39 is 17.7 Å². The molecule has 0 atom stereocenters. The predicted molar refractivity (Wildman–Crippen MR) is 83.7 cm³/mol. The van der Waals surface area contributed by atoms with Gasteiger partial charge in [0.25, 0.3) is 0 Å². The van der Waals surface area contributed by atoms with Gasteiger partial charge in [-0.25, -0.2) is 9.78 Å². The predicted octanol–water partition coefficient (Wildman–Crippen LogP) is 4.81. The second kappa shape index (κ2) is 6.43. The van der Waals surface area contributed by atoms with Crippen LogP contribution in [0.5, 0.6) is 0 Å². The van der Waals surface area contributed by atoms with Crippen molar-refractivity contribution in [2.24, 2.45) is 0 Å². The minimum absolute atomic E-state index is 0.0285. The molecule has 128 valence electrons. The first-order valence-electron chi connectivity index (χ1n) is 7.21. The summed E-state index contributed by atoms with van der Waals surface area (Å²) in [5.41, 5.74) is 0.119. The number of hydrogen-bond acceptors (Lipinski definition) is 4. The highest BCUT2D eigenvalue weighted by Crippen LogP contribution is 2.33. The summed E-state index contributed by atoms with van der Waals surface area (Å²) in [6, 6.07) is 11.3. The van der Waals surface area contributed by atoms with Gasteiger partial charge >= 0.3 is 12.1 Å². The van der Waals surface area contributed by atoms with Gasteiger partial charge in [0.05, 0.1) is 24.4 Å². The van der Waals surface area contributed by atoms with Crippen LogP contribution in [0, 0.1) is 0 Å². The number of ether oxygens (including phenoxy) is 1. The molecule has 2 aromatic carbocycles. The molecule has 0 radical (unpaired) electrons. The van der Waals surface area contributed by atoms with Gasteiger partial charge in [0, 0.05) is 11.1 Å². The Morgan fingerprint density at radius 3 is 2.60 bits per heavy atom. The molecule has 0 aliphatic rings. The molecule has 7 heteroatoms. The van der Waals surface area contributed by atoms with E-state index in [1.54, 1.807) is 24.3 Å². The lowest BCUT2D eigenvalue weighted by Crippen LogP contribution is -2.04. The highest BCUT2D eigenvalue weighted by Gasteiger charge is 2.30. The summed E-state index contributed by atoms with van der Waals surface area (Å²) in [5.74, 6) is -0.262. The van der Waals surface area contributed by atoms with E-state index in [2.05, 4.69) is 4.98 Å². The summed E-state index contributed by atoms with van der Waals surface area (Å²) < 4.78 is 48.8. The molecule has 3 aromatic rings. The molecule has 0 bridgehead atoms. The maximum absolute atomic E-state index is 12.8. The van der Waals surface area contributed by atoms with Crippen LogP contribution in [-0.2, 0) is 10.9 Å².